The average Bonchev–Trinajstić information content (AvgIpc) is 3.04. The fraction of sp³-hybridized carbons (Fsp3) is 1.00. The van der Waals surface area contributed by atoms with Crippen molar-refractivity contribution in [3.05, 3.63) is 0 Å². The van der Waals surface area contributed by atoms with E-state index in [1.807, 2.05) is 0 Å². The van der Waals surface area contributed by atoms with E-state index in [0.29, 0.717) is 0 Å². The molecule has 36 heavy (non-hydrogen) atoms. The smallest absolute Gasteiger partial charge is 0.0591 e. The molecule has 216 valence electrons. The van der Waals surface area contributed by atoms with Crippen LogP contribution in [0.3, 0.4) is 0 Å². The molecule has 0 aromatic rings. The van der Waals surface area contributed by atoms with E-state index < -0.39 is 0 Å². The summed E-state index contributed by atoms with van der Waals surface area (Å²) < 4.78 is 10.1. The molecule has 0 unspecified atom stereocenters. The Bertz CT molecular complexity index is 224. The summed E-state index contributed by atoms with van der Waals surface area (Å²) in [6, 6.07) is 0. The number of piperazine rings is 1. The summed E-state index contributed by atoms with van der Waals surface area (Å²) in [6.07, 6.45) is 16.8. The maximum atomic E-state index is 5.07. The van der Waals surface area contributed by atoms with Crippen LogP contribution in [0.1, 0.15) is 77.0 Å². The standard InChI is InChI=1S/2C5H11N.C5H10O.C5H10S.C4H10N2.C4H9NO/c4*1-2-4-6-5-3-1;1-2-6-4-3-5-1;1-3-6-4-2-5-1/h2*6H,1-5H2;2*1-5H2;5-6H,1-4H2;5H,1-4H2. The highest BCUT2D eigenvalue weighted by Gasteiger charge is 1.97. The summed E-state index contributed by atoms with van der Waals surface area (Å²) in [5.41, 5.74) is 0. The Kier molecular flexibility index (Phi) is 29.6. The van der Waals surface area contributed by atoms with Gasteiger partial charge in [0.25, 0.3) is 0 Å². The van der Waals surface area contributed by atoms with E-state index in [9.17, 15) is 0 Å². The van der Waals surface area contributed by atoms with E-state index in [1.165, 1.54) is 115 Å². The van der Waals surface area contributed by atoms with Crippen LogP contribution < -0.4 is 26.6 Å². The van der Waals surface area contributed by atoms with E-state index in [2.05, 4.69) is 38.3 Å². The Morgan fingerprint density at radius 3 is 0.806 bits per heavy atom. The molecule has 6 heterocycles. The second-order valence-electron chi connectivity index (χ2n) is 9.83. The molecule has 0 atom stereocenters. The monoisotopic (exact) mass is 531 g/mol. The number of rotatable bonds is 0. The van der Waals surface area contributed by atoms with Crippen LogP contribution >= 0.6 is 11.8 Å². The average molecular weight is 532 g/mol. The number of hydrogen-bond acceptors (Lipinski definition) is 8. The highest BCUT2D eigenvalue weighted by molar-refractivity contribution is 7.99. The van der Waals surface area contributed by atoms with E-state index in [4.69, 9.17) is 9.47 Å². The van der Waals surface area contributed by atoms with E-state index in [0.717, 1.165) is 65.7 Å². The van der Waals surface area contributed by atoms with Gasteiger partial charge in [0.15, 0.2) is 0 Å². The van der Waals surface area contributed by atoms with Crippen LogP contribution in [0.5, 0.6) is 0 Å². The van der Waals surface area contributed by atoms with Gasteiger partial charge < -0.3 is 36.1 Å². The number of piperidine rings is 2. The van der Waals surface area contributed by atoms with Crippen molar-refractivity contribution in [3.8, 4) is 0 Å². The van der Waals surface area contributed by atoms with Gasteiger partial charge in [0, 0.05) is 52.5 Å². The van der Waals surface area contributed by atoms with Crippen LogP contribution in [0.4, 0.5) is 0 Å². The summed E-state index contributed by atoms with van der Waals surface area (Å²) in [4.78, 5) is 0. The second-order valence-corrected chi connectivity index (χ2v) is 11.1. The lowest BCUT2D eigenvalue weighted by Gasteiger charge is -2.11. The minimum atomic E-state index is 0.889. The lowest BCUT2D eigenvalue weighted by Crippen LogP contribution is -2.39. The molecule has 0 saturated carbocycles. The second kappa shape index (κ2) is 31.3. The summed E-state index contributed by atoms with van der Waals surface area (Å²) in [7, 11) is 0. The number of nitrogens with one attached hydrogen (secondary N) is 5. The van der Waals surface area contributed by atoms with E-state index >= 15 is 0 Å². The van der Waals surface area contributed by atoms with Gasteiger partial charge in [-0.15, -0.1) is 0 Å². The molecule has 0 aromatic heterocycles. The molecule has 6 aliphatic rings. The molecule has 0 radical (unpaired) electrons. The summed E-state index contributed by atoms with van der Waals surface area (Å²) in [5.74, 6) is 2.83. The third-order valence-electron chi connectivity index (χ3n) is 6.37. The van der Waals surface area contributed by atoms with Crippen molar-refractivity contribution in [1.82, 2.24) is 26.6 Å². The fourth-order valence-corrected chi connectivity index (χ4v) is 5.12. The Hall–Kier alpha value is 0.0700. The van der Waals surface area contributed by atoms with Crippen LogP contribution in [0.2, 0.25) is 0 Å². The van der Waals surface area contributed by atoms with Gasteiger partial charge in [-0.3, -0.25) is 0 Å². The molecule has 0 aliphatic carbocycles. The largest absolute Gasteiger partial charge is 0.381 e. The van der Waals surface area contributed by atoms with E-state index in [1.54, 1.807) is 0 Å². The number of thioether (sulfide) groups is 1. The first kappa shape index (κ1) is 34.1. The lowest BCUT2D eigenvalue weighted by atomic mass is 10.2. The maximum absolute atomic E-state index is 5.07. The van der Waals surface area contributed by atoms with Gasteiger partial charge in [0.2, 0.25) is 0 Å². The third kappa shape index (κ3) is 28.6. The molecule has 6 rings (SSSR count). The Morgan fingerprint density at radius 1 is 0.306 bits per heavy atom. The van der Waals surface area contributed by atoms with Crippen LogP contribution in [-0.4, -0.2) is 103 Å². The van der Waals surface area contributed by atoms with Crippen molar-refractivity contribution in [2.75, 3.05) is 103 Å². The minimum Gasteiger partial charge on any atom is -0.381 e. The predicted octanol–water partition coefficient (Wildman–Crippen LogP) is 3.40. The van der Waals surface area contributed by atoms with Crippen molar-refractivity contribution >= 4 is 11.8 Å². The minimum absolute atomic E-state index is 0.889. The lowest BCUT2D eigenvalue weighted by molar-refractivity contribution is 0.0968. The van der Waals surface area contributed by atoms with E-state index in [-0.39, 0.29) is 0 Å². The molecule has 0 aromatic carbocycles. The SMILES string of the molecule is C1CCNCC1.C1CCNCC1.C1CCOCC1.C1CCSCC1.C1CNCCN1.C1COCCN1. The normalized spacial score (nSPS) is 24.0. The molecule has 0 bridgehead atoms. The van der Waals surface area contributed by atoms with Gasteiger partial charge in [-0.25, -0.2) is 0 Å². The Balaban J connectivity index is 0.000000216. The van der Waals surface area contributed by atoms with Crippen LogP contribution in [0.25, 0.3) is 0 Å². The van der Waals surface area contributed by atoms with Gasteiger partial charge in [-0.05, 0) is 95.5 Å². The molecular weight excluding hydrogens is 470 g/mol. The quantitative estimate of drug-likeness (QED) is 0.326. The molecular formula is C28H61N5O2S. The van der Waals surface area contributed by atoms with Gasteiger partial charge in [0.1, 0.15) is 0 Å². The topological polar surface area (TPSA) is 78.6 Å². The highest BCUT2D eigenvalue weighted by Crippen LogP contribution is 2.14. The summed E-state index contributed by atoms with van der Waals surface area (Å²) >= 11 is 2.09. The van der Waals surface area contributed by atoms with Crippen molar-refractivity contribution < 1.29 is 9.47 Å². The summed E-state index contributed by atoms with van der Waals surface area (Å²) in [5, 5.41) is 16.2. The van der Waals surface area contributed by atoms with Crippen molar-refractivity contribution in [2.45, 2.75) is 77.0 Å². The first-order chi connectivity index (χ1) is 18.0. The van der Waals surface area contributed by atoms with Gasteiger partial charge in [-0.1, -0.05) is 19.3 Å². The first-order valence-electron chi connectivity index (χ1n) is 15.3. The zero-order valence-electron chi connectivity index (χ0n) is 23.5. The van der Waals surface area contributed by atoms with Crippen LogP contribution in [0.15, 0.2) is 0 Å². The molecule has 6 fully saturated rings. The predicted molar refractivity (Wildman–Crippen MR) is 159 cm³/mol. The molecule has 0 spiro atoms. The highest BCUT2D eigenvalue weighted by atomic mass is 32.2. The van der Waals surface area contributed by atoms with Crippen molar-refractivity contribution in [3.63, 3.8) is 0 Å². The Morgan fingerprint density at radius 2 is 0.667 bits per heavy atom. The van der Waals surface area contributed by atoms with Crippen molar-refractivity contribution in [2.24, 2.45) is 0 Å². The number of ether oxygens (including phenoxy) is 2. The Labute approximate surface area is 228 Å². The number of morpholine rings is 1. The molecule has 6 aliphatic heterocycles. The molecule has 6 saturated heterocycles. The summed E-state index contributed by atoms with van der Waals surface area (Å²) in [6.45, 7) is 15.4. The maximum Gasteiger partial charge on any atom is 0.0591 e. The zero-order valence-corrected chi connectivity index (χ0v) is 24.3. The fourth-order valence-electron chi connectivity index (χ4n) is 4.10. The number of hydrogen-bond donors (Lipinski definition) is 5. The van der Waals surface area contributed by atoms with Crippen LogP contribution in [-0.2, 0) is 9.47 Å². The molecule has 7 nitrogen and oxygen atoms in total. The third-order valence-corrected chi connectivity index (χ3v) is 7.53. The van der Waals surface area contributed by atoms with Gasteiger partial charge in [-0.2, -0.15) is 11.8 Å². The molecule has 0 amide bonds. The zero-order chi connectivity index (χ0) is 25.5. The van der Waals surface area contributed by atoms with Crippen molar-refractivity contribution in [1.29, 1.82) is 0 Å². The molecule has 8 heteroatoms. The molecule has 5 N–H and O–H groups in total. The van der Waals surface area contributed by atoms with Gasteiger partial charge >= 0.3 is 0 Å². The van der Waals surface area contributed by atoms with Gasteiger partial charge in [0.05, 0.1) is 13.2 Å². The first-order valence-corrected chi connectivity index (χ1v) is 16.4. The van der Waals surface area contributed by atoms with Crippen LogP contribution in [0, 0.1) is 0 Å².